The Morgan fingerprint density at radius 2 is 1.86 bits per heavy atom. The summed E-state index contributed by atoms with van der Waals surface area (Å²) in [6.07, 6.45) is -0.281. The molecular weight excluding hydrogens is 397 g/mol. The minimum atomic E-state index is -4.13. The highest BCUT2D eigenvalue weighted by Crippen LogP contribution is 2.37. The fourth-order valence-electron chi connectivity index (χ4n) is 3.52. The lowest BCUT2D eigenvalue weighted by Gasteiger charge is -2.31. The van der Waals surface area contributed by atoms with E-state index >= 15 is 0 Å². The first-order valence-corrected chi connectivity index (χ1v) is 11.5. The maximum atomic E-state index is 12.7. The number of nitrogens with zero attached hydrogens (tertiary/aromatic N) is 1. The van der Waals surface area contributed by atoms with Crippen molar-refractivity contribution in [3.8, 4) is 0 Å². The van der Waals surface area contributed by atoms with E-state index in [2.05, 4.69) is 20.3 Å². The van der Waals surface area contributed by atoms with E-state index < -0.39 is 22.1 Å². The minimum absolute atomic E-state index is 0.0715. The van der Waals surface area contributed by atoms with Gasteiger partial charge >= 0.3 is 6.18 Å². The predicted molar refractivity (Wildman–Crippen MR) is 102 cm³/mol. The summed E-state index contributed by atoms with van der Waals surface area (Å²) < 4.78 is 70.4. The number of ether oxygens (including phenoxy) is 1. The summed E-state index contributed by atoms with van der Waals surface area (Å²) in [4.78, 5) is 4.03. The Labute approximate surface area is 164 Å². The molecule has 1 unspecified atom stereocenters. The van der Waals surface area contributed by atoms with Gasteiger partial charge in [0.15, 0.2) is 5.96 Å². The van der Waals surface area contributed by atoms with Gasteiger partial charge in [-0.1, -0.05) is 0 Å². The first-order valence-electron chi connectivity index (χ1n) is 9.82. The molecule has 28 heavy (non-hydrogen) atoms. The maximum absolute atomic E-state index is 12.7. The van der Waals surface area contributed by atoms with Crippen LogP contribution in [0.5, 0.6) is 0 Å². The number of hydrogen-bond donors (Lipinski definition) is 3. The van der Waals surface area contributed by atoms with Crippen LogP contribution in [0.25, 0.3) is 0 Å². The van der Waals surface area contributed by atoms with Crippen LogP contribution in [0.1, 0.15) is 44.9 Å². The second-order valence-electron chi connectivity index (χ2n) is 7.39. The predicted octanol–water partition coefficient (Wildman–Crippen LogP) is 1.76. The monoisotopic (exact) mass is 428 g/mol. The van der Waals surface area contributed by atoms with Gasteiger partial charge in [0, 0.05) is 32.8 Å². The molecule has 11 heteroatoms. The molecule has 0 aromatic carbocycles. The average Bonchev–Trinajstić information content (AvgIpc) is 2.66. The zero-order chi connectivity index (χ0) is 20.6. The van der Waals surface area contributed by atoms with Gasteiger partial charge in [-0.2, -0.15) is 13.2 Å². The van der Waals surface area contributed by atoms with E-state index in [1.54, 1.807) is 7.05 Å². The van der Waals surface area contributed by atoms with Crippen LogP contribution < -0.4 is 15.4 Å². The van der Waals surface area contributed by atoms with Crippen molar-refractivity contribution >= 4 is 16.0 Å². The molecule has 1 heterocycles. The summed E-state index contributed by atoms with van der Waals surface area (Å²) >= 11 is 0. The largest absolute Gasteiger partial charge is 0.391 e. The SMILES string of the molecule is CN=C(NCCS(=O)(=O)NCC1CCCCO1)NC1CCC(C(F)(F)F)CC1. The van der Waals surface area contributed by atoms with E-state index in [9.17, 15) is 21.6 Å². The lowest BCUT2D eigenvalue weighted by Crippen LogP contribution is -2.47. The van der Waals surface area contributed by atoms with E-state index in [4.69, 9.17) is 4.74 Å². The van der Waals surface area contributed by atoms with Crippen LogP contribution in [-0.2, 0) is 14.8 Å². The van der Waals surface area contributed by atoms with E-state index in [0.29, 0.717) is 25.4 Å². The standard InChI is InChI=1S/C17H31F3N4O3S/c1-21-16(24-14-7-5-13(6-8-14)17(18,19)20)22-9-11-28(25,26)23-12-15-4-2-3-10-27-15/h13-15,23H,2-12H2,1H3,(H2,21,22,24). The number of aliphatic imine (C=N–C) groups is 1. The summed E-state index contributed by atoms with van der Waals surface area (Å²) in [6.45, 7) is 1.09. The minimum Gasteiger partial charge on any atom is -0.377 e. The highest BCUT2D eigenvalue weighted by atomic mass is 32.2. The Hall–Kier alpha value is -1.07. The normalized spacial score (nSPS) is 27.4. The third-order valence-electron chi connectivity index (χ3n) is 5.22. The van der Waals surface area contributed by atoms with Crippen molar-refractivity contribution in [3.05, 3.63) is 0 Å². The number of alkyl halides is 3. The molecule has 7 nitrogen and oxygen atoms in total. The first kappa shape index (κ1) is 23.2. The highest BCUT2D eigenvalue weighted by Gasteiger charge is 2.41. The molecular formula is C17H31F3N4O3S. The molecule has 164 valence electrons. The van der Waals surface area contributed by atoms with Gasteiger partial charge < -0.3 is 15.4 Å². The third kappa shape index (κ3) is 8.12. The van der Waals surface area contributed by atoms with Crippen molar-refractivity contribution in [2.75, 3.05) is 32.5 Å². The van der Waals surface area contributed by atoms with Gasteiger partial charge in [-0.3, -0.25) is 4.99 Å². The molecule has 1 saturated heterocycles. The van der Waals surface area contributed by atoms with Crippen LogP contribution in [-0.4, -0.2) is 65.2 Å². The maximum Gasteiger partial charge on any atom is 0.391 e. The third-order valence-corrected chi connectivity index (χ3v) is 6.57. The van der Waals surface area contributed by atoms with Gasteiger partial charge in [0.1, 0.15) is 0 Å². The topological polar surface area (TPSA) is 91.8 Å². The molecule has 2 fully saturated rings. The molecule has 0 aromatic heterocycles. The zero-order valence-corrected chi connectivity index (χ0v) is 17.0. The van der Waals surface area contributed by atoms with Gasteiger partial charge in [0.25, 0.3) is 0 Å². The summed E-state index contributed by atoms with van der Waals surface area (Å²) in [5.41, 5.74) is 0. The van der Waals surface area contributed by atoms with E-state index in [0.717, 1.165) is 19.3 Å². The summed E-state index contributed by atoms with van der Waals surface area (Å²) in [7, 11) is -1.90. The fourth-order valence-corrected chi connectivity index (χ4v) is 4.47. The zero-order valence-electron chi connectivity index (χ0n) is 16.2. The molecule has 1 aliphatic carbocycles. The lowest BCUT2D eigenvalue weighted by atomic mass is 9.85. The molecule has 0 aromatic rings. The van der Waals surface area contributed by atoms with Gasteiger partial charge in [0.05, 0.1) is 17.8 Å². The number of hydrogen-bond acceptors (Lipinski definition) is 4. The van der Waals surface area contributed by atoms with Gasteiger partial charge in [0.2, 0.25) is 10.0 Å². The molecule has 1 saturated carbocycles. The Morgan fingerprint density at radius 1 is 1.14 bits per heavy atom. The number of rotatable bonds is 7. The van der Waals surface area contributed by atoms with Gasteiger partial charge in [-0.05, 0) is 44.9 Å². The van der Waals surface area contributed by atoms with E-state index in [1.165, 1.54) is 0 Å². The van der Waals surface area contributed by atoms with Crippen molar-refractivity contribution in [2.24, 2.45) is 10.9 Å². The van der Waals surface area contributed by atoms with Crippen LogP contribution in [0, 0.1) is 5.92 Å². The molecule has 1 atom stereocenters. The van der Waals surface area contributed by atoms with Crippen LogP contribution in [0.3, 0.4) is 0 Å². The summed E-state index contributed by atoms with van der Waals surface area (Å²) in [6, 6.07) is -0.0945. The molecule has 0 amide bonds. The van der Waals surface area contributed by atoms with Crippen molar-refractivity contribution in [1.29, 1.82) is 0 Å². The van der Waals surface area contributed by atoms with Crippen LogP contribution >= 0.6 is 0 Å². The molecule has 2 aliphatic rings. The molecule has 1 aliphatic heterocycles. The van der Waals surface area contributed by atoms with Crippen molar-refractivity contribution in [2.45, 2.75) is 63.3 Å². The Balaban J connectivity index is 1.66. The van der Waals surface area contributed by atoms with E-state index in [-0.39, 0.29) is 43.8 Å². The quantitative estimate of drug-likeness (QED) is 0.425. The number of nitrogens with one attached hydrogen (secondary N) is 3. The molecule has 2 rings (SSSR count). The average molecular weight is 429 g/mol. The molecule has 0 bridgehead atoms. The number of guanidine groups is 1. The van der Waals surface area contributed by atoms with Crippen LogP contribution in [0.15, 0.2) is 4.99 Å². The fraction of sp³-hybridized carbons (Fsp3) is 0.941. The Kier molecular flexibility index (Phi) is 8.81. The van der Waals surface area contributed by atoms with Gasteiger partial charge in [-0.25, -0.2) is 13.1 Å². The van der Waals surface area contributed by atoms with Crippen molar-refractivity contribution in [1.82, 2.24) is 15.4 Å². The van der Waals surface area contributed by atoms with Crippen LogP contribution in [0.2, 0.25) is 0 Å². The van der Waals surface area contributed by atoms with Crippen molar-refractivity contribution < 1.29 is 26.3 Å². The Bertz CT molecular complexity index is 599. The lowest BCUT2D eigenvalue weighted by molar-refractivity contribution is -0.182. The first-order chi connectivity index (χ1) is 13.2. The van der Waals surface area contributed by atoms with Crippen molar-refractivity contribution in [3.63, 3.8) is 0 Å². The summed E-state index contributed by atoms with van der Waals surface area (Å²) in [5, 5.41) is 6.00. The molecule has 3 N–H and O–H groups in total. The van der Waals surface area contributed by atoms with Crippen LogP contribution in [0.4, 0.5) is 13.2 Å². The number of sulfonamides is 1. The smallest absolute Gasteiger partial charge is 0.377 e. The second-order valence-corrected chi connectivity index (χ2v) is 9.32. The molecule has 0 spiro atoms. The Morgan fingerprint density at radius 3 is 2.43 bits per heavy atom. The van der Waals surface area contributed by atoms with E-state index in [1.807, 2.05) is 0 Å². The summed E-state index contributed by atoms with van der Waals surface area (Å²) in [5.74, 6) is -0.951. The van der Waals surface area contributed by atoms with Gasteiger partial charge in [-0.15, -0.1) is 0 Å². The number of halogens is 3. The second kappa shape index (κ2) is 10.6. The highest BCUT2D eigenvalue weighted by molar-refractivity contribution is 7.89. The molecule has 0 radical (unpaired) electrons.